The summed E-state index contributed by atoms with van der Waals surface area (Å²) in [4.78, 5) is 2.35. The molecule has 0 aliphatic carbocycles. The molecule has 1 aromatic rings. The van der Waals surface area contributed by atoms with Crippen molar-refractivity contribution in [3.63, 3.8) is 0 Å². The molecule has 1 saturated heterocycles. The molecule has 106 valence electrons. The molecule has 3 N–H and O–H groups in total. The van der Waals surface area contributed by atoms with Crippen molar-refractivity contribution in [3.05, 3.63) is 35.6 Å². The van der Waals surface area contributed by atoms with Gasteiger partial charge in [0.25, 0.3) is 0 Å². The highest BCUT2D eigenvalue weighted by molar-refractivity contribution is 5.23. The van der Waals surface area contributed by atoms with Crippen LogP contribution in [0.3, 0.4) is 0 Å². The molecule has 1 aliphatic heterocycles. The lowest BCUT2D eigenvalue weighted by atomic mass is 9.87. The maximum absolute atomic E-state index is 13.0. The molecule has 1 aromatic carbocycles. The van der Waals surface area contributed by atoms with Gasteiger partial charge in [0.15, 0.2) is 0 Å². The number of benzene rings is 1. The summed E-state index contributed by atoms with van der Waals surface area (Å²) in [7, 11) is 0. The summed E-state index contributed by atoms with van der Waals surface area (Å²) in [6.07, 6.45) is 0. The van der Waals surface area contributed by atoms with E-state index in [0.717, 1.165) is 31.9 Å². The van der Waals surface area contributed by atoms with E-state index in [0.29, 0.717) is 0 Å². The van der Waals surface area contributed by atoms with Gasteiger partial charge in [0, 0.05) is 18.6 Å². The lowest BCUT2D eigenvalue weighted by Gasteiger charge is -2.45. The molecule has 1 fully saturated rings. The number of hydrogen-bond acceptors (Lipinski definition) is 4. The van der Waals surface area contributed by atoms with Crippen LogP contribution in [0.15, 0.2) is 24.3 Å². The predicted molar refractivity (Wildman–Crippen MR) is 72.9 cm³/mol. The third-order valence-corrected chi connectivity index (χ3v) is 3.90. The molecule has 0 amide bonds. The topological polar surface area (TPSA) is 50.5 Å². The maximum atomic E-state index is 13.0. The molecule has 0 spiro atoms. The first kappa shape index (κ1) is 14.4. The van der Waals surface area contributed by atoms with E-state index >= 15 is 0 Å². The van der Waals surface area contributed by atoms with Gasteiger partial charge < -0.3 is 4.74 Å². The molecule has 1 aliphatic rings. The van der Waals surface area contributed by atoms with Crippen LogP contribution in [-0.2, 0) is 4.74 Å². The van der Waals surface area contributed by atoms with Crippen molar-refractivity contribution < 1.29 is 9.13 Å². The largest absolute Gasteiger partial charge is 0.379 e. The van der Waals surface area contributed by atoms with Gasteiger partial charge in [-0.15, -0.1) is 0 Å². The molecule has 1 heterocycles. The van der Waals surface area contributed by atoms with Crippen molar-refractivity contribution in [1.29, 1.82) is 0 Å². The van der Waals surface area contributed by atoms with Gasteiger partial charge in [0.1, 0.15) is 5.82 Å². The Labute approximate surface area is 113 Å². The molecule has 0 bridgehead atoms. The first-order valence-corrected chi connectivity index (χ1v) is 6.60. The van der Waals surface area contributed by atoms with Crippen molar-refractivity contribution >= 4 is 0 Å². The van der Waals surface area contributed by atoms with Crippen molar-refractivity contribution in [3.8, 4) is 0 Å². The predicted octanol–water partition coefficient (Wildman–Crippen LogP) is 1.44. The van der Waals surface area contributed by atoms with E-state index in [-0.39, 0.29) is 17.4 Å². The second-order valence-electron chi connectivity index (χ2n) is 5.40. The average Bonchev–Trinajstić information content (AvgIpc) is 2.42. The lowest BCUT2D eigenvalue weighted by Crippen LogP contribution is -2.57. The van der Waals surface area contributed by atoms with Gasteiger partial charge in [-0.2, -0.15) is 0 Å². The van der Waals surface area contributed by atoms with Gasteiger partial charge in [-0.1, -0.05) is 12.1 Å². The fourth-order valence-corrected chi connectivity index (χ4v) is 2.69. The minimum Gasteiger partial charge on any atom is -0.379 e. The van der Waals surface area contributed by atoms with Crippen LogP contribution in [-0.4, -0.2) is 36.7 Å². The summed E-state index contributed by atoms with van der Waals surface area (Å²) in [6.45, 7) is 7.53. The highest BCUT2D eigenvalue weighted by atomic mass is 19.1. The SMILES string of the molecule is CC(C)(C(NN)c1ccc(F)cc1)N1CCOCC1. The lowest BCUT2D eigenvalue weighted by molar-refractivity contribution is -0.0238. The summed E-state index contributed by atoms with van der Waals surface area (Å²) in [5.41, 5.74) is 3.69. The van der Waals surface area contributed by atoms with Crippen LogP contribution in [0.5, 0.6) is 0 Å². The molecule has 19 heavy (non-hydrogen) atoms. The highest BCUT2D eigenvalue weighted by Gasteiger charge is 2.36. The standard InChI is InChI=1S/C14H22FN3O/c1-14(2,18-7-9-19-10-8-18)13(17-16)11-3-5-12(15)6-4-11/h3-6,13,17H,7-10,16H2,1-2H3. The minimum absolute atomic E-state index is 0.0637. The van der Waals surface area contributed by atoms with E-state index in [9.17, 15) is 4.39 Å². The summed E-state index contributed by atoms with van der Waals surface area (Å²) < 4.78 is 18.4. The Morgan fingerprint density at radius 3 is 2.37 bits per heavy atom. The third kappa shape index (κ3) is 3.12. The first-order valence-electron chi connectivity index (χ1n) is 6.60. The summed E-state index contributed by atoms with van der Waals surface area (Å²) in [5.74, 6) is 5.50. The van der Waals surface area contributed by atoms with E-state index < -0.39 is 0 Å². The van der Waals surface area contributed by atoms with E-state index in [2.05, 4.69) is 24.2 Å². The summed E-state index contributed by atoms with van der Waals surface area (Å²) >= 11 is 0. The van der Waals surface area contributed by atoms with Crippen LogP contribution in [0.1, 0.15) is 25.5 Å². The van der Waals surface area contributed by atoms with Gasteiger partial charge in [-0.3, -0.25) is 16.2 Å². The zero-order valence-electron chi connectivity index (χ0n) is 11.5. The Bertz CT molecular complexity index is 402. The number of hydrogen-bond donors (Lipinski definition) is 2. The van der Waals surface area contributed by atoms with E-state index in [1.807, 2.05) is 0 Å². The van der Waals surface area contributed by atoms with E-state index in [1.54, 1.807) is 12.1 Å². The Morgan fingerprint density at radius 2 is 1.84 bits per heavy atom. The minimum atomic E-state index is -0.233. The Balaban J connectivity index is 2.21. The molecule has 5 heteroatoms. The number of nitrogens with two attached hydrogens (primary N) is 1. The molecule has 4 nitrogen and oxygen atoms in total. The van der Waals surface area contributed by atoms with Gasteiger partial charge in [-0.25, -0.2) is 4.39 Å². The van der Waals surface area contributed by atoms with Crippen molar-refractivity contribution in [1.82, 2.24) is 10.3 Å². The second kappa shape index (κ2) is 5.96. The molecular formula is C14H22FN3O. The van der Waals surface area contributed by atoms with Gasteiger partial charge in [0.2, 0.25) is 0 Å². The molecule has 0 saturated carbocycles. The number of morpholine rings is 1. The molecule has 0 radical (unpaired) electrons. The van der Waals surface area contributed by atoms with Crippen LogP contribution in [0.2, 0.25) is 0 Å². The molecule has 1 atom stereocenters. The van der Waals surface area contributed by atoms with E-state index in [1.165, 1.54) is 12.1 Å². The molecular weight excluding hydrogens is 245 g/mol. The quantitative estimate of drug-likeness (QED) is 0.640. The van der Waals surface area contributed by atoms with Crippen LogP contribution in [0.25, 0.3) is 0 Å². The molecule has 2 rings (SSSR count). The fourth-order valence-electron chi connectivity index (χ4n) is 2.69. The second-order valence-corrected chi connectivity index (χ2v) is 5.40. The van der Waals surface area contributed by atoms with Crippen molar-refractivity contribution in [2.75, 3.05) is 26.3 Å². The van der Waals surface area contributed by atoms with Gasteiger partial charge >= 0.3 is 0 Å². The maximum Gasteiger partial charge on any atom is 0.123 e. The number of nitrogens with one attached hydrogen (secondary N) is 1. The Morgan fingerprint density at radius 1 is 1.26 bits per heavy atom. The zero-order chi connectivity index (χ0) is 13.9. The smallest absolute Gasteiger partial charge is 0.123 e. The first-order chi connectivity index (χ1) is 9.05. The van der Waals surface area contributed by atoms with Gasteiger partial charge in [0.05, 0.1) is 19.3 Å². The number of halogens is 1. The van der Waals surface area contributed by atoms with E-state index in [4.69, 9.17) is 10.6 Å². The number of nitrogens with zero attached hydrogens (tertiary/aromatic N) is 1. The average molecular weight is 267 g/mol. The number of ether oxygens (including phenoxy) is 1. The Hall–Kier alpha value is -1.01. The van der Waals surface area contributed by atoms with Crippen molar-refractivity contribution in [2.45, 2.75) is 25.4 Å². The van der Waals surface area contributed by atoms with Crippen LogP contribution < -0.4 is 11.3 Å². The van der Waals surface area contributed by atoms with Crippen LogP contribution in [0, 0.1) is 5.82 Å². The van der Waals surface area contributed by atoms with Crippen LogP contribution in [0.4, 0.5) is 4.39 Å². The molecule has 0 aromatic heterocycles. The Kier molecular flexibility index (Phi) is 4.52. The van der Waals surface area contributed by atoms with Gasteiger partial charge in [-0.05, 0) is 31.5 Å². The van der Waals surface area contributed by atoms with Crippen LogP contribution >= 0.6 is 0 Å². The number of hydrazine groups is 1. The third-order valence-electron chi connectivity index (χ3n) is 3.90. The van der Waals surface area contributed by atoms with Crippen molar-refractivity contribution in [2.24, 2.45) is 5.84 Å². The normalized spacial score (nSPS) is 19.4. The molecule has 1 unspecified atom stereocenters. The summed E-state index contributed by atoms with van der Waals surface area (Å²) in [5, 5.41) is 0. The number of rotatable bonds is 4. The fraction of sp³-hybridized carbons (Fsp3) is 0.571. The monoisotopic (exact) mass is 267 g/mol. The zero-order valence-corrected chi connectivity index (χ0v) is 11.5. The summed E-state index contributed by atoms with van der Waals surface area (Å²) in [6, 6.07) is 6.43. The highest BCUT2D eigenvalue weighted by Crippen LogP contribution is 2.31.